The molecule has 1 heterocycles. The third kappa shape index (κ3) is 2.39. The minimum atomic E-state index is 0.300. The van der Waals surface area contributed by atoms with Crippen molar-refractivity contribution in [3.63, 3.8) is 0 Å². The monoisotopic (exact) mass is 223 g/mol. The van der Waals surface area contributed by atoms with Gasteiger partial charge < -0.3 is 0 Å². The van der Waals surface area contributed by atoms with Crippen LogP contribution < -0.4 is 0 Å². The summed E-state index contributed by atoms with van der Waals surface area (Å²) in [5.74, 6) is 0.343. The molecule has 1 aromatic carbocycles. The van der Waals surface area contributed by atoms with E-state index < -0.39 is 0 Å². The minimum Gasteiger partial charge on any atom is -0.298 e. The van der Waals surface area contributed by atoms with E-state index in [1.54, 1.807) is 0 Å². The van der Waals surface area contributed by atoms with Crippen LogP contribution in [-0.2, 0) is 4.79 Å². The summed E-state index contributed by atoms with van der Waals surface area (Å²) in [4.78, 5) is 13.4. The molecule has 1 unspecified atom stereocenters. The molecule has 3 heteroatoms. The molecule has 0 radical (unpaired) electrons. The number of rotatable bonds is 2. The standard InChI is InChI=1S/C12H14ClNO/c1-9(14-7-6-12(15)8-14)10-2-4-11(13)5-3-10/h2-5,9H,6-8H2,1H3. The molecule has 0 aliphatic carbocycles. The van der Waals surface area contributed by atoms with Crippen LogP contribution in [0, 0.1) is 0 Å². The molecule has 1 atom stereocenters. The van der Waals surface area contributed by atoms with Gasteiger partial charge in [-0.3, -0.25) is 9.69 Å². The summed E-state index contributed by atoms with van der Waals surface area (Å²) >= 11 is 5.83. The zero-order chi connectivity index (χ0) is 10.8. The number of carbonyl (C=O) groups is 1. The molecule has 0 saturated carbocycles. The van der Waals surface area contributed by atoms with Crippen molar-refractivity contribution in [2.24, 2.45) is 0 Å². The Balaban J connectivity index is 2.10. The van der Waals surface area contributed by atoms with Crippen molar-refractivity contribution in [3.05, 3.63) is 34.9 Å². The summed E-state index contributed by atoms with van der Waals surface area (Å²) in [5, 5.41) is 0.753. The maximum atomic E-state index is 11.2. The molecule has 1 aromatic rings. The van der Waals surface area contributed by atoms with Crippen molar-refractivity contribution in [2.75, 3.05) is 13.1 Å². The van der Waals surface area contributed by atoms with E-state index in [1.807, 2.05) is 24.3 Å². The Morgan fingerprint density at radius 2 is 2.00 bits per heavy atom. The van der Waals surface area contributed by atoms with Gasteiger partial charge in [-0.2, -0.15) is 0 Å². The lowest BCUT2D eigenvalue weighted by molar-refractivity contribution is -0.117. The van der Waals surface area contributed by atoms with Crippen LogP contribution >= 0.6 is 11.6 Å². The third-order valence-electron chi connectivity index (χ3n) is 2.96. The predicted molar refractivity (Wildman–Crippen MR) is 61.1 cm³/mol. The van der Waals surface area contributed by atoms with Crippen molar-refractivity contribution in [3.8, 4) is 0 Å². The lowest BCUT2D eigenvalue weighted by Crippen LogP contribution is -2.24. The summed E-state index contributed by atoms with van der Waals surface area (Å²) in [7, 11) is 0. The number of halogens is 1. The highest BCUT2D eigenvalue weighted by molar-refractivity contribution is 6.30. The highest BCUT2D eigenvalue weighted by Crippen LogP contribution is 2.24. The lowest BCUT2D eigenvalue weighted by atomic mass is 10.1. The van der Waals surface area contributed by atoms with Gasteiger partial charge in [0, 0.05) is 24.0 Å². The fourth-order valence-corrected chi connectivity index (χ4v) is 2.06. The highest BCUT2D eigenvalue weighted by atomic mass is 35.5. The fourth-order valence-electron chi connectivity index (χ4n) is 1.94. The van der Waals surface area contributed by atoms with Crippen molar-refractivity contribution in [1.82, 2.24) is 4.90 Å². The molecule has 1 fully saturated rings. The van der Waals surface area contributed by atoms with E-state index in [0.29, 0.717) is 24.8 Å². The zero-order valence-electron chi connectivity index (χ0n) is 8.74. The van der Waals surface area contributed by atoms with Crippen molar-refractivity contribution < 1.29 is 4.79 Å². The second-order valence-electron chi connectivity index (χ2n) is 3.99. The largest absolute Gasteiger partial charge is 0.298 e. The molecule has 80 valence electrons. The Morgan fingerprint density at radius 3 is 2.53 bits per heavy atom. The second kappa shape index (κ2) is 4.33. The van der Waals surface area contributed by atoms with Gasteiger partial charge in [0.1, 0.15) is 5.78 Å². The molecule has 2 nitrogen and oxygen atoms in total. The number of nitrogens with zero attached hydrogens (tertiary/aromatic N) is 1. The Bertz CT molecular complexity index is 360. The summed E-state index contributed by atoms with van der Waals surface area (Å²) in [5.41, 5.74) is 1.22. The summed E-state index contributed by atoms with van der Waals surface area (Å²) in [6.45, 7) is 3.59. The molecule has 1 aliphatic heterocycles. The smallest absolute Gasteiger partial charge is 0.148 e. The van der Waals surface area contributed by atoms with Crippen molar-refractivity contribution >= 4 is 17.4 Å². The summed E-state index contributed by atoms with van der Waals surface area (Å²) < 4.78 is 0. The molecule has 1 saturated heterocycles. The lowest BCUT2D eigenvalue weighted by Gasteiger charge is -2.23. The molecule has 0 N–H and O–H groups in total. The van der Waals surface area contributed by atoms with Gasteiger partial charge in [0.25, 0.3) is 0 Å². The SMILES string of the molecule is CC(c1ccc(Cl)cc1)N1CCC(=O)C1. The van der Waals surface area contributed by atoms with Gasteiger partial charge in [-0.25, -0.2) is 0 Å². The van der Waals surface area contributed by atoms with Gasteiger partial charge in [-0.05, 0) is 24.6 Å². The molecular formula is C12H14ClNO. The molecular weight excluding hydrogens is 210 g/mol. The zero-order valence-corrected chi connectivity index (χ0v) is 9.50. The van der Waals surface area contributed by atoms with Crippen LogP contribution in [0.25, 0.3) is 0 Å². The van der Waals surface area contributed by atoms with E-state index in [2.05, 4.69) is 11.8 Å². The average molecular weight is 224 g/mol. The number of likely N-dealkylation sites (tertiary alicyclic amines) is 1. The number of benzene rings is 1. The fraction of sp³-hybridized carbons (Fsp3) is 0.417. The number of Topliss-reactive ketones (excluding diaryl/α,β-unsaturated/α-hetero) is 1. The van der Waals surface area contributed by atoms with Gasteiger partial charge in [-0.15, -0.1) is 0 Å². The van der Waals surface area contributed by atoms with Crippen LogP contribution in [-0.4, -0.2) is 23.8 Å². The molecule has 2 rings (SSSR count). The quantitative estimate of drug-likeness (QED) is 0.769. The maximum absolute atomic E-state index is 11.2. The van der Waals surface area contributed by atoms with E-state index in [-0.39, 0.29) is 0 Å². The number of ketones is 1. The van der Waals surface area contributed by atoms with Crippen LogP contribution in [0.15, 0.2) is 24.3 Å². The molecule has 0 bridgehead atoms. The molecule has 0 aromatic heterocycles. The Hall–Kier alpha value is -0.860. The van der Waals surface area contributed by atoms with E-state index in [1.165, 1.54) is 5.56 Å². The predicted octanol–water partition coefficient (Wildman–Crippen LogP) is 2.68. The molecule has 15 heavy (non-hydrogen) atoms. The Kier molecular flexibility index (Phi) is 3.08. The van der Waals surface area contributed by atoms with Gasteiger partial charge in [0.2, 0.25) is 0 Å². The van der Waals surface area contributed by atoms with E-state index in [4.69, 9.17) is 11.6 Å². The van der Waals surface area contributed by atoms with Crippen LogP contribution in [0.1, 0.15) is 24.9 Å². The molecule has 1 aliphatic rings. The number of carbonyl (C=O) groups excluding carboxylic acids is 1. The Morgan fingerprint density at radius 1 is 1.33 bits per heavy atom. The first-order chi connectivity index (χ1) is 7.16. The number of hydrogen-bond acceptors (Lipinski definition) is 2. The van der Waals surface area contributed by atoms with E-state index in [9.17, 15) is 4.79 Å². The third-order valence-corrected chi connectivity index (χ3v) is 3.21. The first-order valence-electron chi connectivity index (χ1n) is 5.18. The van der Waals surface area contributed by atoms with Gasteiger partial charge in [0.15, 0.2) is 0 Å². The van der Waals surface area contributed by atoms with Gasteiger partial charge in [0.05, 0.1) is 6.54 Å². The minimum absolute atomic E-state index is 0.300. The summed E-state index contributed by atoms with van der Waals surface area (Å²) in [6.07, 6.45) is 0.692. The van der Waals surface area contributed by atoms with Gasteiger partial charge >= 0.3 is 0 Å². The molecule has 0 amide bonds. The van der Waals surface area contributed by atoms with Crippen molar-refractivity contribution in [2.45, 2.75) is 19.4 Å². The maximum Gasteiger partial charge on any atom is 0.148 e. The first-order valence-corrected chi connectivity index (χ1v) is 5.56. The first kappa shape index (κ1) is 10.7. The highest BCUT2D eigenvalue weighted by Gasteiger charge is 2.24. The number of hydrogen-bond donors (Lipinski definition) is 0. The molecule has 0 spiro atoms. The average Bonchev–Trinajstić information content (AvgIpc) is 2.65. The second-order valence-corrected chi connectivity index (χ2v) is 4.42. The van der Waals surface area contributed by atoms with Crippen molar-refractivity contribution in [1.29, 1.82) is 0 Å². The van der Waals surface area contributed by atoms with E-state index in [0.717, 1.165) is 11.6 Å². The van der Waals surface area contributed by atoms with E-state index >= 15 is 0 Å². The van der Waals surface area contributed by atoms with Crippen LogP contribution in [0.2, 0.25) is 5.02 Å². The normalized spacial score (nSPS) is 19.5. The Labute approximate surface area is 94.8 Å². The van der Waals surface area contributed by atoms with Crippen LogP contribution in [0.5, 0.6) is 0 Å². The van der Waals surface area contributed by atoms with Gasteiger partial charge in [-0.1, -0.05) is 23.7 Å². The van der Waals surface area contributed by atoms with Crippen LogP contribution in [0.4, 0.5) is 0 Å². The summed E-state index contributed by atoms with van der Waals surface area (Å²) in [6, 6.07) is 8.14. The van der Waals surface area contributed by atoms with Crippen LogP contribution in [0.3, 0.4) is 0 Å². The topological polar surface area (TPSA) is 20.3 Å².